The van der Waals surface area contributed by atoms with E-state index < -0.39 is 0 Å². The van der Waals surface area contributed by atoms with E-state index in [9.17, 15) is 5.21 Å². The molecule has 1 N–H and O–H groups in total. The summed E-state index contributed by atoms with van der Waals surface area (Å²) in [4.78, 5) is 0. The minimum absolute atomic E-state index is 0.108. The highest BCUT2D eigenvalue weighted by molar-refractivity contribution is 4.65. The highest BCUT2D eigenvalue weighted by atomic mass is 16.6. The zero-order chi connectivity index (χ0) is 6.69. The maximum absolute atomic E-state index is 10.6. The molecular formula is C6H11NO2. The zero-order valence-electron chi connectivity index (χ0n) is 5.30. The van der Waals surface area contributed by atoms with Gasteiger partial charge in [0.25, 0.3) is 0 Å². The first kappa shape index (κ1) is 6.74. The second kappa shape index (κ2) is 2.96. The third-order valence-corrected chi connectivity index (χ3v) is 1.43. The maximum Gasteiger partial charge on any atom is 0.197 e. The molecule has 3 heteroatoms. The third kappa shape index (κ3) is 1.51. The van der Waals surface area contributed by atoms with Crippen LogP contribution in [-0.2, 0) is 4.74 Å². The van der Waals surface area contributed by atoms with E-state index >= 15 is 0 Å². The molecule has 0 radical (unpaired) electrons. The van der Waals surface area contributed by atoms with Crippen molar-refractivity contribution in [2.45, 2.75) is 12.6 Å². The normalized spacial score (nSPS) is 33.4. The van der Waals surface area contributed by atoms with Crippen molar-refractivity contribution in [3.63, 3.8) is 0 Å². The van der Waals surface area contributed by atoms with E-state index in [1.807, 2.05) is 0 Å². The summed E-state index contributed by atoms with van der Waals surface area (Å²) in [6.07, 6.45) is 2.45. The molecule has 2 atom stereocenters. The van der Waals surface area contributed by atoms with E-state index in [4.69, 9.17) is 4.74 Å². The first-order chi connectivity index (χ1) is 4.34. The maximum atomic E-state index is 10.6. The first-order valence-electron chi connectivity index (χ1n) is 3.10. The lowest BCUT2D eigenvalue weighted by Gasteiger charge is -2.38. The second-order valence-electron chi connectivity index (χ2n) is 2.12. The van der Waals surface area contributed by atoms with Crippen molar-refractivity contribution < 1.29 is 9.80 Å². The number of hydroxylamine groups is 2. The number of hydrogen-bond acceptors (Lipinski definition) is 2. The van der Waals surface area contributed by atoms with Gasteiger partial charge in [0.05, 0.1) is 19.6 Å². The quantitative estimate of drug-likeness (QED) is 0.404. The molecule has 0 aromatic heterocycles. The summed E-state index contributed by atoms with van der Waals surface area (Å²) < 4.78 is 5.07. The summed E-state index contributed by atoms with van der Waals surface area (Å²) in [7, 11) is 0. The van der Waals surface area contributed by atoms with Gasteiger partial charge in [0.1, 0.15) is 0 Å². The molecule has 0 spiro atoms. The van der Waals surface area contributed by atoms with Gasteiger partial charge in [-0.25, -0.2) is 0 Å². The lowest BCUT2D eigenvalue weighted by atomic mass is 10.2. The molecule has 52 valence electrons. The molecule has 1 saturated heterocycles. The Morgan fingerprint density at radius 3 is 3.00 bits per heavy atom. The molecule has 0 bridgehead atoms. The number of quaternary nitrogens is 1. The number of nitrogens with one attached hydrogen (secondary N) is 1. The minimum Gasteiger partial charge on any atom is -0.632 e. The fraction of sp³-hybridized carbons (Fsp3) is 0.667. The molecule has 1 aliphatic rings. The van der Waals surface area contributed by atoms with Crippen LogP contribution < -0.4 is 5.06 Å². The van der Waals surface area contributed by atoms with E-state index in [-0.39, 0.29) is 11.3 Å². The van der Waals surface area contributed by atoms with Crippen molar-refractivity contribution in [1.29, 1.82) is 0 Å². The van der Waals surface area contributed by atoms with Gasteiger partial charge < -0.3 is 15.0 Å². The zero-order valence-corrected chi connectivity index (χ0v) is 5.30. The number of rotatable bonds is 3. The van der Waals surface area contributed by atoms with Crippen molar-refractivity contribution in [3.05, 3.63) is 17.9 Å². The van der Waals surface area contributed by atoms with Crippen molar-refractivity contribution in [2.24, 2.45) is 0 Å². The van der Waals surface area contributed by atoms with Gasteiger partial charge >= 0.3 is 0 Å². The van der Waals surface area contributed by atoms with Gasteiger partial charge in [-0.2, -0.15) is 0 Å². The topological polar surface area (TPSA) is 36.7 Å². The van der Waals surface area contributed by atoms with Crippen molar-refractivity contribution in [2.75, 3.05) is 13.2 Å². The highest BCUT2D eigenvalue weighted by Crippen LogP contribution is 1.95. The fourth-order valence-corrected chi connectivity index (χ4v) is 0.741. The molecule has 1 rings (SSSR count). The van der Waals surface area contributed by atoms with E-state index in [0.29, 0.717) is 13.2 Å². The smallest absolute Gasteiger partial charge is 0.197 e. The molecule has 0 saturated carbocycles. The Morgan fingerprint density at radius 1 is 1.89 bits per heavy atom. The Hall–Kier alpha value is -0.380. The highest BCUT2D eigenvalue weighted by Gasteiger charge is 2.25. The standard InChI is InChI=1S/C6H11NO2/c1-2-5-9-6-3-4-7(6)8/h2,6-7H,1,3-5H2. The Labute approximate surface area is 54.5 Å². The van der Waals surface area contributed by atoms with Crippen molar-refractivity contribution in [1.82, 2.24) is 0 Å². The largest absolute Gasteiger partial charge is 0.632 e. The predicted octanol–water partition coefficient (Wildman–Crippen LogP) is -0.699. The van der Waals surface area contributed by atoms with Gasteiger partial charge in [0.2, 0.25) is 0 Å². The molecular weight excluding hydrogens is 118 g/mol. The van der Waals surface area contributed by atoms with Crippen LogP contribution in [-0.4, -0.2) is 19.4 Å². The summed E-state index contributed by atoms with van der Waals surface area (Å²) in [5.41, 5.74) is 0. The summed E-state index contributed by atoms with van der Waals surface area (Å²) in [5.74, 6) is 0. The average Bonchev–Trinajstić information content (AvgIpc) is 1.86. The summed E-state index contributed by atoms with van der Waals surface area (Å²) in [6.45, 7) is 4.67. The van der Waals surface area contributed by atoms with Crippen LogP contribution in [0, 0.1) is 5.21 Å². The summed E-state index contributed by atoms with van der Waals surface area (Å²) >= 11 is 0. The van der Waals surface area contributed by atoms with Gasteiger partial charge in [-0.1, -0.05) is 6.08 Å². The van der Waals surface area contributed by atoms with Crippen LogP contribution in [0.1, 0.15) is 6.42 Å². The van der Waals surface area contributed by atoms with Gasteiger partial charge in [-0.3, -0.25) is 0 Å². The Bertz CT molecular complexity index is 105. The number of hydrogen-bond donors (Lipinski definition) is 1. The van der Waals surface area contributed by atoms with Crippen LogP contribution in [0.15, 0.2) is 12.7 Å². The van der Waals surface area contributed by atoms with Crippen molar-refractivity contribution >= 4 is 0 Å². The monoisotopic (exact) mass is 129 g/mol. The lowest BCUT2D eigenvalue weighted by Crippen LogP contribution is -3.18. The first-order valence-corrected chi connectivity index (χ1v) is 3.10. The SMILES string of the molecule is C=CCOC1CC[NH+]1[O-]. The molecule has 1 fully saturated rings. The van der Waals surface area contributed by atoms with Gasteiger partial charge in [0.15, 0.2) is 6.23 Å². The second-order valence-corrected chi connectivity index (χ2v) is 2.12. The summed E-state index contributed by atoms with van der Waals surface area (Å²) in [6, 6.07) is 0. The van der Waals surface area contributed by atoms with Gasteiger partial charge in [-0.05, 0) is 0 Å². The predicted molar refractivity (Wildman–Crippen MR) is 33.8 cm³/mol. The minimum atomic E-state index is -0.108. The van der Waals surface area contributed by atoms with Gasteiger partial charge in [0, 0.05) is 0 Å². The van der Waals surface area contributed by atoms with E-state index in [1.54, 1.807) is 6.08 Å². The average molecular weight is 129 g/mol. The molecule has 3 nitrogen and oxygen atoms in total. The third-order valence-electron chi connectivity index (χ3n) is 1.43. The Morgan fingerprint density at radius 2 is 2.67 bits per heavy atom. The molecule has 0 aliphatic carbocycles. The lowest BCUT2D eigenvalue weighted by molar-refractivity contribution is -0.946. The molecule has 1 heterocycles. The fourth-order valence-electron chi connectivity index (χ4n) is 0.741. The van der Waals surface area contributed by atoms with Crippen LogP contribution in [0.2, 0.25) is 0 Å². The molecule has 0 aromatic rings. The molecule has 0 aromatic carbocycles. The Kier molecular flexibility index (Phi) is 2.22. The molecule has 9 heavy (non-hydrogen) atoms. The van der Waals surface area contributed by atoms with Crippen molar-refractivity contribution in [3.8, 4) is 0 Å². The Balaban J connectivity index is 2.06. The molecule has 1 aliphatic heterocycles. The van der Waals surface area contributed by atoms with E-state index in [2.05, 4.69) is 6.58 Å². The van der Waals surface area contributed by atoms with E-state index in [0.717, 1.165) is 6.42 Å². The van der Waals surface area contributed by atoms with E-state index in [1.165, 1.54) is 0 Å². The molecule has 2 unspecified atom stereocenters. The van der Waals surface area contributed by atoms with Crippen LogP contribution in [0.5, 0.6) is 0 Å². The van der Waals surface area contributed by atoms with Crippen LogP contribution in [0.4, 0.5) is 0 Å². The summed E-state index contributed by atoms with van der Waals surface area (Å²) in [5, 5.41) is 10.8. The van der Waals surface area contributed by atoms with Gasteiger partial charge in [-0.15, -0.1) is 6.58 Å². The van der Waals surface area contributed by atoms with Crippen LogP contribution in [0.25, 0.3) is 0 Å². The van der Waals surface area contributed by atoms with Crippen LogP contribution in [0.3, 0.4) is 0 Å². The molecule has 0 amide bonds. The van der Waals surface area contributed by atoms with Crippen LogP contribution >= 0.6 is 0 Å². The number of ether oxygens (including phenoxy) is 1.